The van der Waals surface area contributed by atoms with Gasteiger partial charge in [-0.3, -0.25) is 4.79 Å². The van der Waals surface area contributed by atoms with Gasteiger partial charge in [-0.25, -0.2) is 4.68 Å². The third-order valence-electron chi connectivity index (χ3n) is 3.39. The van der Waals surface area contributed by atoms with E-state index >= 15 is 0 Å². The average molecular weight is 316 g/mol. The Hall–Kier alpha value is -3.47. The van der Waals surface area contributed by atoms with Gasteiger partial charge in [-0.1, -0.05) is 36.4 Å². The molecule has 0 amide bonds. The first-order valence-electron chi connectivity index (χ1n) is 7.46. The molecule has 2 aromatic carbocycles. The predicted molar refractivity (Wildman–Crippen MR) is 96.7 cm³/mol. The van der Waals surface area contributed by atoms with Gasteiger partial charge in [-0.2, -0.15) is 5.10 Å². The number of aromatic nitrogens is 2. The highest BCUT2D eigenvalue weighted by molar-refractivity contribution is 5.86. The highest BCUT2D eigenvalue weighted by atomic mass is 16.1. The molecule has 2 N–H and O–H groups in total. The fraction of sp³-hybridized carbons (Fsp3) is 0. The molecule has 0 spiro atoms. The highest BCUT2D eigenvalue weighted by Gasteiger charge is 2.10. The summed E-state index contributed by atoms with van der Waals surface area (Å²) < 4.78 is 1.64. The molecular weight excluding hydrogens is 300 g/mol. The minimum Gasteiger partial charge on any atom is -0.354 e. The number of benzene rings is 2. The molecule has 0 unspecified atom stereocenters. The average Bonchev–Trinajstić information content (AvgIpc) is 2.63. The van der Waals surface area contributed by atoms with E-state index in [1.165, 1.54) is 12.1 Å². The summed E-state index contributed by atoms with van der Waals surface area (Å²) >= 11 is 0. The van der Waals surface area contributed by atoms with Crippen LogP contribution in [0.15, 0.2) is 83.8 Å². The molecule has 0 saturated carbocycles. The van der Waals surface area contributed by atoms with E-state index in [9.17, 15) is 4.79 Å². The lowest BCUT2D eigenvalue weighted by molar-refractivity contribution is 0.825. The Morgan fingerprint density at radius 1 is 1.00 bits per heavy atom. The summed E-state index contributed by atoms with van der Waals surface area (Å²) in [6.07, 6.45) is 4.28. The molecule has 0 fully saturated rings. The van der Waals surface area contributed by atoms with Crippen LogP contribution >= 0.6 is 0 Å². The van der Waals surface area contributed by atoms with Gasteiger partial charge in [0, 0.05) is 24.2 Å². The maximum Gasteiger partial charge on any atom is 0.209 e. The van der Waals surface area contributed by atoms with E-state index in [1.807, 2.05) is 60.7 Å². The maximum atomic E-state index is 12.3. The van der Waals surface area contributed by atoms with Gasteiger partial charge in [0.25, 0.3) is 0 Å². The smallest absolute Gasteiger partial charge is 0.209 e. The molecule has 0 radical (unpaired) electrons. The number of nitrogens with one attached hydrogen (secondary N) is 2. The van der Waals surface area contributed by atoms with Crippen LogP contribution in [-0.2, 0) is 0 Å². The lowest BCUT2D eigenvalue weighted by atomic mass is 10.2. The van der Waals surface area contributed by atoms with Gasteiger partial charge in [0.2, 0.25) is 5.43 Å². The first-order chi connectivity index (χ1) is 11.8. The molecule has 3 aromatic rings. The Balaban J connectivity index is 2.03. The Morgan fingerprint density at radius 2 is 1.67 bits per heavy atom. The zero-order valence-electron chi connectivity index (χ0n) is 12.9. The lowest BCUT2D eigenvalue weighted by Crippen LogP contribution is -2.18. The summed E-state index contributed by atoms with van der Waals surface area (Å²) in [5, 5.41) is 14.9. The van der Waals surface area contributed by atoms with Crippen molar-refractivity contribution in [3.8, 4) is 5.69 Å². The molecule has 5 heteroatoms. The molecular formula is C19H16N4O. The van der Waals surface area contributed by atoms with Gasteiger partial charge < -0.3 is 10.7 Å². The minimum atomic E-state index is -0.210. The van der Waals surface area contributed by atoms with E-state index in [0.29, 0.717) is 5.70 Å². The maximum absolute atomic E-state index is 12.3. The summed E-state index contributed by atoms with van der Waals surface area (Å²) in [5.41, 5.74) is 2.20. The third-order valence-corrected chi connectivity index (χ3v) is 3.39. The number of para-hydroxylation sites is 2. The quantitative estimate of drug-likeness (QED) is 0.709. The van der Waals surface area contributed by atoms with Crippen LogP contribution in [0.2, 0.25) is 0 Å². The number of nitrogens with zero attached hydrogens (tertiary/aromatic N) is 2. The zero-order valence-corrected chi connectivity index (χ0v) is 12.9. The minimum absolute atomic E-state index is 0.210. The molecule has 5 nitrogen and oxygen atoms in total. The second-order valence-corrected chi connectivity index (χ2v) is 5.05. The van der Waals surface area contributed by atoms with E-state index < -0.39 is 0 Å². The highest BCUT2D eigenvalue weighted by Crippen LogP contribution is 2.14. The van der Waals surface area contributed by atoms with Crippen molar-refractivity contribution in [3.05, 3.63) is 94.9 Å². The van der Waals surface area contributed by atoms with Crippen LogP contribution in [0, 0.1) is 5.41 Å². The summed E-state index contributed by atoms with van der Waals surface area (Å²) in [5.74, 6) is 0. The Bertz CT molecular complexity index is 915. The number of allylic oxidation sites excluding steroid dienone is 1. The fourth-order valence-electron chi connectivity index (χ4n) is 2.26. The summed E-state index contributed by atoms with van der Waals surface area (Å²) in [7, 11) is 0. The van der Waals surface area contributed by atoms with E-state index in [1.54, 1.807) is 10.9 Å². The summed E-state index contributed by atoms with van der Waals surface area (Å²) in [6.45, 7) is 0. The van der Waals surface area contributed by atoms with Crippen molar-refractivity contribution in [3.63, 3.8) is 0 Å². The standard InChI is InChI=1S/C19H16N4O/c20-13-11-17(21-15-7-3-1-4-8-15)19-18(24)12-14-23(22-19)16-9-5-2-6-10-16/h1-14,20-21H/b17-11-,20-13?. The van der Waals surface area contributed by atoms with Crippen LogP contribution in [0.1, 0.15) is 5.69 Å². The van der Waals surface area contributed by atoms with Crippen LogP contribution in [0.4, 0.5) is 5.69 Å². The molecule has 0 bridgehead atoms. The normalized spacial score (nSPS) is 11.1. The molecule has 24 heavy (non-hydrogen) atoms. The van der Waals surface area contributed by atoms with Crippen molar-refractivity contribution in [2.24, 2.45) is 0 Å². The first kappa shape index (κ1) is 15.4. The second kappa shape index (κ2) is 7.19. The number of hydrogen-bond donors (Lipinski definition) is 2. The Kier molecular flexibility index (Phi) is 4.62. The molecule has 0 aliphatic heterocycles. The molecule has 118 valence electrons. The van der Waals surface area contributed by atoms with Crippen molar-refractivity contribution in [2.75, 3.05) is 5.32 Å². The van der Waals surface area contributed by atoms with Crippen molar-refractivity contribution in [2.45, 2.75) is 0 Å². The van der Waals surface area contributed by atoms with E-state index in [2.05, 4.69) is 10.4 Å². The van der Waals surface area contributed by atoms with Gasteiger partial charge in [0.15, 0.2) is 5.69 Å². The molecule has 3 rings (SSSR count). The van der Waals surface area contributed by atoms with Crippen LogP contribution < -0.4 is 10.7 Å². The molecule has 1 aromatic heterocycles. The van der Waals surface area contributed by atoms with E-state index in [4.69, 9.17) is 5.41 Å². The molecule has 0 atom stereocenters. The first-order valence-corrected chi connectivity index (χ1v) is 7.46. The van der Waals surface area contributed by atoms with Gasteiger partial charge in [0.05, 0.1) is 11.4 Å². The van der Waals surface area contributed by atoms with Gasteiger partial charge in [-0.05, 0) is 30.3 Å². The van der Waals surface area contributed by atoms with Crippen molar-refractivity contribution in [1.82, 2.24) is 9.78 Å². The Morgan fingerprint density at radius 3 is 2.33 bits per heavy atom. The van der Waals surface area contributed by atoms with Crippen LogP contribution in [0.5, 0.6) is 0 Å². The molecule has 1 heterocycles. The van der Waals surface area contributed by atoms with E-state index in [0.717, 1.165) is 17.6 Å². The van der Waals surface area contributed by atoms with Gasteiger partial charge in [0.1, 0.15) is 0 Å². The largest absolute Gasteiger partial charge is 0.354 e. The van der Waals surface area contributed by atoms with Crippen molar-refractivity contribution < 1.29 is 0 Å². The van der Waals surface area contributed by atoms with Crippen LogP contribution in [-0.4, -0.2) is 16.0 Å². The predicted octanol–water partition coefficient (Wildman–Crippen LogP) is 3.34. The van der Waals surface area contributed by atoms with Crippen LogP contribution in [0.25, 0.3) is 11.4 Å². The van der Waals surface area contributed by atoms with Gasteiger partial charge >= 0.3 is 0 Å². The van der Waals surface area contributed by atoms with Crippen LogP contribution in [0.3, 0.4) is 0 Å². The summed E-state index contributed by atoms with van der Waals surface area (Å²) in [6, 6.07) is 20.5. The van der Waals surface area contributed by atoms with Crippen molar-refractivity contribution >= 4 is 17.6 Å². The van der Waals surface area contributed by atoms with Gasteiger partial charge in [-0.15, -0.1) is 0 Å². The fourth-order valence-corrected chi connectivity index (χ4v) is 2.26. The van der Waals surface area contributed by atoms with E-state index in [-0.39, 0.29) is 11.1 Å². The number of anilines is 1. The topological polar surface area (TPSA) is 70.8 Å². The molecule has 0 aliphatic carbocycles. The SMILES string of the molecule is N=C/C=C(\Nc1ccccc1)c1nn(-c2ccccc2)ccc1=O. The number of hydrogen-bond acceptors (Lipinski definition) is 4. The lowest BCUT2D eigenvalue weighted by Gasteiger charge is -2.12. The molecule has 0 saturated heterocycles. The number of rotatable bonds is 5. The monoisotopic (exact) mass is 316 g/mol. The van der Waals surface area contributed by atoms with Crippen molar-refractivity contribution in [1.29, 1.82) is 5.41 Å². The summed E-state index contributed by atoms with van der Waals surface area (Å²) in [4.78, 5) is 12.3. The third kappa shape index (κ3) is 3.47. The Labute approximate surface area is 139 Å². The second-order valence-electron chi connectivity index (χ2n) is 5.05. The molecule has 0 aliphatic rings. The zero-order chi connectivity index (χ0) is 16.8.